The predicted molar refractivity (Wildman–Crippen MR) is 131 cm³/mol. The van der Waals surface area contributed by atoms with Crippen molar-refractivity contribution in [2.75, 3.05) is 17.2 Å². The van der Waals surface area contributed by atoms with Gasteiger partial charge in [-0.2, -0.15) is 0 Å². The van der Waals surface area contributed by atoms with Crippen LogP contribution in [0.4, 0.5) is 11.4 Å². The number of ether oxygens (including phenoxy) is 1. The van der Waals surface area contributed by atoms with E-state index in [9.17, 15) is 9.59 Å². The van der Waals surface area contributed by atoms with Crippen LogP contribution in [0, 0.1) is 0 Å². The third-order valence-corrected chi connectivity index (χ3v) is 5.09. The zero-order valence-electron chi connectivity index (χ0n) is 18.4. The van der Waals surface area contributed by atoms with Crippen LogP contribution in [0.5, 0.6) is 5.75 Å². The molecule has 7 nitrogen and oxygen atoms in total. The highest BCUT2D eigenvalue weighted by atomic mass is 35.5. The number of nitrogens with one attached hydrogen (secondary N) is 2. The molecule has 0 saturated carbocycles. The van der Waals surface area contributed by atoms with E-state index in [1.807, 2.05) is 6.92 Å². The third-order valence-electron chi connectivity index (χ3n) is 4.84. The number of aromatic nitrogens is 1. The summed E-state index contributed by atoms with van der Waals surface area (Å²) in [4.78, 5) is 29.2. The van der Waals surface area contributed by atoms with Crippen LogP contribution >= 0.6 is 11.6 Å². The molecular weight excluding hydrogens is 454 g/mol. The number of amides is 2. The maximum atomic E-state index is 12.5. The fourth-order valence-corrected chi connectivity index (χ4v) is 3.32. The van der Waals surface area contributed by atoms with Crippen molar-refractivity contribution in [3.05, 3.63) is 95.3 Å². The van der Waals surface area contributed by atoms with Crippen LogP contribution < -0.4 is 15.4 Å². The van der Waals surface area contributed by atoms with Gasteiger partial charge in [0.2, 0.25) is 11.8 Å². The minimum atomic E-state index is -0.251. The Morgan fingerprint density at radius 2 is 1.56 bits per heavy atom. The Labute approximate surface area is 201 Å². The van der Waals surface area contributed by atoms with Crippen molar-refractivity contribution in [1.29, 1.82) is 0 Å². The summed E-state index contributed by atoms with van der Waals surface area (Å²) in [5, 5.41) is 6.25. The lowest BCUT2D eigenvalue weighted by atomic mass is 10.2. The van der Waals surface area contributed by atoms with Crippen molar-refractivity contribution in [3.63, 3.8) is 0 Å². The molecule has 0 aliphatic carbocycles. The van der Waals surface area contributed by atoms with Gasteiger partial charge in [0.25, 0.3) is 5.91 Å². The van der Waals surface area contributed by atoms with Crippen LogP contribution in [0.25, 0.3) is 11.5 Å². The van der Waals surface area contributed by atoms with Gasteiger partial charge in [-0.05, 0) is 79.7 Å². The molecule has 1 heterocycles. The Bertz CT molecular complexity index is 1270. The van der Waals surface area contributed by atoms with Crippen LogP contribution in [0.2, 0.25) is 5.02 Å². The lowest BCUT2D eigenvalue weighted by molar-refractivity contribution is -0.115. The Kier molecular flexibility index (Phi) is 7.25. The molecule has 0 bridgehead atoms. The Morgan fingerprint density at radius 1 is 0.912 bits per heavy atom. The second kappa shape index (κ2) is 10.7. The number of halogens is 1. The van der Waals surface area contributed by atoms with Crippen molar-refractivity contribution in [2.45, 2.75) is 13.3 Å². The van der Waals surface area contributed by atoms with E-state index in [1.165, 1.54) is 6.26 Å². The third kappa shape index (κ3) is 6.02. The van der Waals surface area contributed by atoms with Gasteiger partial charge in [0.1, 0.15) is 12.0 Å². The number of hydrogen-bond donors (Lipinski definition) is 2. The quantitative estimate of drug-likeness (QED) is 0.334. The van der Waals surface area contributed by atoms with E-state index in [4.69, 9.17) is 20.8 Å². The minimum absolute atomic E-state index is 0.0526. The maximum absolute atomic E-state index is 12.5. The molecule has 172 valence electrons. The van der Waals surface area contributed by atoms with Gasteiger partial charge < -0.3 is 19.8 Å². The molecule has 4 aromatic rings. The van der Waals surface area contributed by atoms with E-state index in [1.54, 1.807) is 72.8 Å². The monoisotopic (exact) mass is 475 g/mol. The molecule has 1 aromatic heterocycles. The summed E-state index contributed by atoms with van der Waals surface area (Å²) in [5.41, 5.74) is 2.99. The van der Waals surface area contributed by atoms with E-state index in [0.29, 0.717) is 40.2 Å². The molecule has 2 N–H and O–H groups in total. The van der Waals surface area contributed by atoms with Gasteiger partial charge in [-0.3, -0.25) is 9.59 Å². The van der Waals surface area contributed by atoms with Crippen molar-refractivity contribution < 1.29 is 18.7 Å². The number of nitrogens with zero attached hydrogens (tertiary/aromatic N) is 1. The topological polar surface area (TPSA) is 93.5 Å². The first-order valence-corrected chi connectivity index (χ1v) is 11.0. The lowest BCUT2D eigenvalue weighted by Crippen LogP contribution is -2.15. The largest absolute Gasteiger partial charge is 0.494 e. The van der Waals surface area contributed by atoms with Crippen molar-refractivity contribution in [2.24, 2.45) is 0 Å². The number of hydrogen-bond acceptors (Lipinski definition) is 5. The van der Waals surface area contributed by atoms with E-state index in [-0.39, 0.29) is 18.2 Å². The summed E-state index contributed by atoms with van der Waals surface area (Å²) < 4.78 is 10.9. The van der Waals surface area contributed by atoms with Crippen molar-refractivity contribution >= 4 is 34.8 Å². The molecule has 0 fully saturated rings. The summed E-state index contributed by atoms with van der Waals surface area (Å²) in [7, 11) is 0. The first kappa shape index (κ1) is 23.1. The fourth-order valence-electron chi connectivity index (χ4n) is 3.19. The van der Waals surface area contributed by atoms with Crippen LogP contribution in [0.1, 0.15) is 23.0 Å². The zero-order valence-corrected chi connectivity index (χ0v) is 19.1. The Morgan fingerprint density at radius 3 is 2.24 bits per heavy atom. The SMILES string of the molecule is CCOc1ccc(NC(=O)c2ccc(NC(=O)Cc3coc(-c4ccc(Cl)cc4)n3)cc2)cc1. The summed E-state index contributed by atoms with van der Waals surface area (Å²) in [6, 6.07) is 20.9. The molecular formula is C26H22ClN3O4. The molecule has 3 aromatic carbocycles. The molecule has 0 unspecified atom stereocenters. The van der Waals surface area contributed by atoms with E-state index < -0.39 is 0 Å². The zero-order chi connectivity index (χ0) is 23.9. The second-order valence-corrected chi connectivity index (χ2v) is 7.80. The minimum Gasteiger partial charge on any atom is -0.494 e. The summed E-state index contributed by atoms with van der Waals surface area (Å²) in [6.07, 6.45) is 1.51. The molecule has 4 rings (SSSR count). The van der Waals surface area contributed by atoms with E-state index >= 15 is 0 Å². The molecule has 0 aliphatic rings. The average molecular weight is 476 g/mol. The molecule has 8 heteroatoms. The number of carbonyl (C=O) groups excluding carboxylic acids is 2. The molecule has 2 amide bonds. The molecule has 0 radical (unpaired) electrons. The maximum Gasteiger partial charge on any atom is 0.255 e. The van der Waals surface area contributed by atoms with Gasteiger partial charge in [-0.25, -0.2) is 4.98 Å². The van der Waals surface area contributed by atoms with Crippen molar-refractivity contribution in [1.82, 2.24) is 4.98 Å². The van der Waals surface area contributed by atoms with E-state index in [2.05, 4.69) is 15.6 Å². The standard InChI is InChI=1S/C26H22ClN3O4/c1-2-33-23-13-11-21(12-14-23)29-25(32)17-5-9-20(10-6-17)28-24(31)15-22-16-34-26(30-22)18-3-7-19(27)8-4-18/h3-14,16H,2,15H2,1H3,(H,28,31)(H,29,32). The lowest BCUT2D eigenvalue weighted by Gasteiger charge is -2.08. The molecule has 0 spiro atoms. The second-order valence-electron chi connectivity index (χ2n) is 7.36. The van der Waals surface area contributed by atoms with Crippen molar-refractivity contribution in [3.8, 4) is 17.2 Å². The first-order valence-electron chi connectivity index (χ1n) is 10.6. The van der Waals surface area contributed by atoms with Gasteiger partial charge >= 0.3 is 0 Å². The number of anilines is 2. The smallest absolute Gasteiger partial charge is 0.255 e. The van der Waals surface area contributed by atoms with Crippen LogP contribution in [-0.4, -0.2) is 23.4 Å². The summed E-state index contributed by atoms with van der Waals surface area (Å²) in [6.45, 7) is 2.49. The number of benzene rings is 3. The highest BCUT2D eigenvalue weighted by Gasteiger charge is 2.12. The number of rotatable bonds is 8. The molecule has 0 aliphatic heterocycles. The van der Waals surface area contributed by atoms with Gasteiger partial charge in [0.15, 0.2) is 0 Å². The van der Waals surface area contributed by atoms with Crippen LogP contribution in [-0.2, 0) is 11.2 Å². The summed E-state index contributed by atoms with van der Waals surface area (Å²) in [5.74, 6) is 0.664. The molecule has 0 saturated heterocycles. The number of carbonyl (C=O) groups is 2. The van der Waals surface area contributed by atoms with Gasteiger partial charge in [0, 0.05) is 27.5 Å². The van der Waals surface area contributed by atoms with Crippen LogP contribution in [0.3, 0.4) is 0 Å². The highest BCUT2D eigenvalue weighted by molar-refractivity contribution is 6.30. The fraction of sp³-hybridized carbons (Fsp3) is 0.115. The predicted octanol–water partition coefficient (Wildman–Crippen LogP) is 5.83. The number of oxazole rings is 1. The van der Waals surface area contributed by atoms with Gasteiger partial charge in [-0.15, -0.1) is 0 Å². The Balaban J connectivity index is 1.31. The molecule has 34 heavy (non-hydrogen) atoms. The highest BCUT2D eigenvalue weighted by Crippen LogP contribution is 2.21. The van der Waals surface area contributed by atoms with Crippen LogP contribution in [0.15, 0.2) is 83.5 Å². The molecule has 0 atom stereocenters. The van der Waals surface area contributed by atoms with E-state index in [0.717, 1.165) is 11.3 Å². The van der Waals surface area contributed by atoms with Gasteiger partial charge in [-0.1, -0.05) is 11.6 Å². The normalized spacial score (nSPS) is 10.5. The average Bonchev–Trinajstić information content (AvgIpc) is 3.29. The summed E-state index contributed by atoms with van der Waals surface area (Å²) >= 11 is 5.90. The Hall–Kier alpha value is -4.10. The van der Waals surface area contributed by atoms with Gasteiger partial charge in [0.05, 0.1) is 18.7 Å². The first-order chi connectivity index (χ1) is 16.5.